The number of aromatic amines is 2. The van der Waals surface area contributed by atoms with Crippen molar-refractivity contribution in [1.82, 2.24) is 19.9 Å². The standard InChI is InChI=1S/C16H20N4O2S/c1-16(2)4-3-10-12(5-16)23-13(17-10)8-20-6-9-11(7-20)18-15(22)19-14(9)21/h3-8H2,1-2H3,(H2,18,19,21,22). The zero-order chi connectivity index (χ0) is 16.2. The molecule has 122 valence electrons. The summed E-state index contributed by atoms with van der Waals surface area (Å²) in [7, 11) is 0. The summed E-state index contributed by atoms with van der Waals surface area (Å²) < 4.78 is 0. The van der Waals surface area contributed by atoms with Crippen molar-refractivity contribution in [1.29, 1.82) is 0 Å². The van der Waals surface area contributed by atoms with Gasteiger partial charge in [0.2, 0.25) is 0 Å². The number of aryl methyl sites for hydroxylation is 1. The molecule has 0 amide bonds. The molecule has 0 radical (unpaired) electrons. The molecule has 0 saturated carbocycles. The van der Waals surface area contributed by atoms with Crippen LogP contribution in [0.15, 0.2) is 9.59 Å². The molecule has 0 bridgehead atoms. The number of rotatable bonds is 2. The van der Waals surface area contributed by atoms with Gasteiger partial charge in [-0.15, -0.1) is 11.3 Å². The van der Waals surface area contributed by atoms with Crippen LogP contribution >= 0.6 is 11.3 Å². The lowest BCUT2D eigenvalue weighted by Crippen LogP contribution is -2.25. The maximum atomic E-state index is 11.8. The zero-order valence-electron chi connectivity index (χ0n) is 13.4. The molecule has 2 aromatic rings. The third-order valence-corrected chi connectivity index (χ3v) is 5.83. The van der Waals surface area contributed by atoms with E-state index in [0.717, 1.165) is 30.1 Å². The minimum absolute atomic E-state index is 0.272. The summed E-state index contributed by atoms with van der Waals surface area (Å²) in [5.41, 5.74) is 2.34. The van der Waals surface area contributed by atoms with Crippen molar-refractivity contribution in [2.24, 2.45) is 5.41 Å². The molecule has 0 unspecified atom stereocenters. The van der Waals surface area contributed by atoms with E-state index in [4.69, 9.17) is 4.98 Å². The van der Waals surface area contributed by atoms with Gasteiger partial charge in [0, 0.05) is 23.7 Å². The Morgan fingerprint density at radius 1 is 1.26 bits per heavy atom. The Morgan fingerprint density at radius 2 is 2.09 bits per heavy atom. The van der Waals surface area contributed by atoms with E-state index in [2.05, 4.69) is 28.7 Å². The molecule has 0 fully saturated rings. The second kappa shape index (κ2) is 5.14. The SMILES string of the molecule is CC1(C)CCc2nc(CN3Cc4[nH]c(=O)[nH]c(=O)c4C3)sc2C1. The predicted molar refractivity (Wildman–Crippen MR) is 88.6 cm³/mol. The Labute approximate surface area is 137 Å². The van der Waals surface area contributed by atoms with Crippen LogP contribution in [0.4, 0.5) is 0 Å². The summed E-state index contributed by atoms with van der Waals surface area (Å²) in [6.07, 6.45) is 3.36. The Morgan fingerprint density at radius 3 is 2.91 bits per heavy atom. The topological polar surface area (TPSA) is 81.8 Å². The van der Waals surface area contributed by atoms with Crippen LogP contribution in [-0.4, -0.2) is 19.9 Å². The Bertz CT molecular complexity index is 877. The smallest absolute Gasteiger partial charge is 0.310 e. The van der Waals surface area contributed by atoms with Crippen LogP contribution in [0.25, 0.3) is 0 Å². The van der Waals surface area contributed by atoms with E-state index in [9.17, 15) is 9.59 Å². The van der Waals surface area contributed by atoms with E-state index >= 15 is 0 Å². The van der Waals surface area contributed by atoms with Crippen LogP contribution in [-0.2, 0) is 32.5 Å². The van der Waals surface area contributed by atoms with Crippen LogP contribution in [0, 0.1) is 5.41 Å². The fourth-order valence-corrected chi connectivity index (χ4v) is 4.90. The summed E-state index contributed by atoms with van der Waals surface area (Å²) in [4.78, 5) is 36.6. The molecule has 0 spiro atoms. The largest absolute Gasteiger partial charge is 0.325 e. The quantitative estimate of drug-likeness (QED) is 0.874. The van der Waals surface area contributed by atoms with Gasteiger partial charge in [0.25, 0.3) is 5.56 Å². The van der Waals surface area contributed by atoms with E-state index in [1.807, 2.05) is 0 Å². The Kier molecular flexibility index (Phi) is 3.32. The predicted octanol–water partition coefficient (Wildman–Crippen LogP) is 1.55. The van der Waals surface area contributed by atoms with E-state index in [1.54, 1.807) is 11.3 Å². The van der Waals surface area contributed by atoms with E-state index < -0.39 is 5.69 Å². The molecular formula is C16H20N4O2S. The molecule has 0 atom stereocenters. The minimum atomic E-state index is -0.428. The summed E-state index contributed by atoms with van der Waals surface area (Å²) in [5.74, 6) is 0. The van der Waals surface area contributed by atoms with Crippen LogP contribution in [0.3, 0.4) is 0 Å². The molecule has 4 rings (SSSR count). The molecule has 23 heavy (non-hydrogen) atoms. The van der Waals surface area contributed by atoms with Gasteiger partial charge in [-0.05, 0) is 24.7 Å². The van der Waals surface area contributed by atoms with Gasteiger partial charge < -0.3 is 4.98 Å². The number of H-pyrrole nitrogens is 2. The molecule has 2 N–H and O–H groups in total. The van der Waals surface area contributed by atoms with Crippen molar-refractivity contribution in [3.8, 4) is 0 Å². The van der Waals surface area contributed by atoms with Crippen molar-refractivity contribution in [3.05, 3.63) is 47.7 Å². The van der Waals surface area contributed by atoms with E-state index in [0.29, 0.717) is 24.1 Å². The number of thiazole rings is 1. The maximum absolute atomic E-state index is 11.8. The van der Waals surface area contributed by atoms with Crippen molar-refractivity contribution >= 4 is 11.3 Å². The monoisotopic (exact) mass is 332 g/mol. The Hall–Kier alpha value is -1.73. The van der Waals surface area contributed by atoms with Gasteiger partial charge in [0.15, 0.2) is 0 Å². The average Bonchev–Trinajstić information content (AvgIpc) is 3.00. The zero-order valence-corrected chi connectivity index (χ0v) is 14.2. The highest BCUT2D eigenvalue weighted by Gasteiger charge is 2.29. The van der Waals surface area contributed by atoms with Gasteiger partial charge in [0.1, 0.15) is 5.01 Å². The van der Waals surface area contributed by atoms with Gasteiger partial charge >= 0.3 is 5.69 Å². The fourth-order valence-electron chi connectivity index (χ4n) is 3.49. The second-order valence-electron chi connectivity index (χ2n) is 7.33. The molecule has 1 aliphatic carbocycles. The van der Waals surface area contributed by atoms with Gasteiger partial charge in [-0.3, -0.25) is 14.7 Å². The first-order valence-corrected chi connectivity index (χ1v) is 8.75. The van der Waals surface area contributed by atoms with Crippen LogP contribution in [0.2, 0.25) is 0 Å². The second-order valence-corrected chi connectivity index (χ2v) is 8.50. The summed E-state index contributed by atoms with van der Waals surface area (Å²) in [6, 6.07) is 0. The highest BCUT2D eigenvalue weighted by Crippen LogP contribution is 2.37. The van der Waals surface area contributed by atoms with Crippen LogP contribution in [0.5, 0.6) is 0 Å². The summed E-state index contributed by atoms with van der Waals surface area (Å²) in [5, 5.41) is 1.11. The number of nitrogens with one attached hydrogen (secondary N) is 2. The van der Waals surface area contributed by atoms with Crippen molar-refractivity contribution < 1.29 is 0 Å². The van der Waals surface area contributed by atoms with Gasteiger partial charge in [-0.2, -0.15) is 0 Å². The lowest BCUT2D eigenvalue weighted by molar-refractivity contribution is 0.272. The first-order chi connectivity index (χ1) is 10.9. The lowest BCUT2D eigenvalue weighted by atomic mass is 9.79. The lowest BCUT2D eigenvalue weighted by Gasteiger charge is -2.28. The highest BCUT2D eigenvalue weighted by molar-refractivity contribution is 7.11. The molecule has 2 aromatic heterocycles. The van der Waals surface area contributed by atoms with E-state index in [-0.39, 0.29) is 5.56 Å². The third kappa shape index (κ3) is 2.79. The molecule has 1 aliphatic heterocycles. The summed E-state index contributed by atoms with van der Waals surface area (Å²) in [6.45, 7) is 6.53. The number of hydrogen-bond donors (Lipinski definition) is 2. The van der Waals surface area contributed by atoms with Crippen molar-refractivity contribution in [2.45, 2.75) is 52.7 Å². The molecule has 3 heterocycles. The van der Waals surface area contributed by atoms with Crippen LogP contribution < -0.4 is 11.2 Å². The molecular weight excluding hydrogens is 312 g/mol. The number of fused-ring (bicyclic) bond motifs is 2. The number of hydrogen-bond acceptors (Lipinski definition) is 5. The Balaban J connectivity index is 1.53. The van der Waals surface area contributed by atoms with Gasteiger partial charge in [0.05, 0.1) is 17.8 Å². The fraction of sp³-hybridized carbons (Fsp3) is 0.562. The van der Waals surface area contributed by atoms with Crippen LogP contribution in [0.1, 0.15) is 47.1 Å². The summed E-state index contributed by atoms with van der Waals surface area (Å²) >= 11 is 1.80. The third-order valence-electron chi connectivity index (χ3n) is 4.75. The van der Waals surface area contributed by atoms with E-state index in [1.165, 1.54) is 17.0 Å². The van der Waals surface area contributed by atoms with Gasteiger partial charge in [-0.1, -0.05) is 13.8 Å². The normalized spacial score (nSPS) is 19.6. The molecule has 0 saturated heterocycles. The van der Waals surface area contributed by atoms with Crippen molar-refractivity contribution in [3.63, 3.8) is 0 Å². The first-order valence-electron chi connectivity index (χ1n) is 7.94. The molecule has 0 aromatic carbocycles. The molecule has 6 nitrogen and oxygen atoms in total. The number of aromatic nitrogens is 3. The molecule has 2 aliphatic rings. The van der Waals surface area contributed by atoms with Gasteiger partial charge in [-0.25, -0.2) is 9.78 Å². The minimum Gasteiger partial charge on any atom is -0.310 e. The number of nitrogens with zero attached hydrogens (tertiary/aromatic N) is 2. The molecule has 7 heteroatoms. The average molecular weight is 332 g/mol. The first kappa shape index (κ1) is 14.8. The van der Waals surface area contributed by atoms with Crippen molar-refractivity contribution in [2.75, 3.05) is 0 Å². The maximum Gasteiger partial charge on any atom is 0.325 e. The highest BCUT2D eigenvalue weighted by atomic mass is 32.1.